The monoisotopic (exact) mass is 427 g/mol. The van der Waals surface area contributed by atoms with Gasteiger partial charge in [0, 0.05) is 38.4 Å². The number of amides is 1. The molecule has 0 radical (unpaired) electrons. The highest BCUT2D eigenvalue weighted by molar-refractivity contribution is 5.97. The minimum atomic E-state index is -0.702. The molecule has 0 aliphatic carbocycles. The van der Waals surface area contributed by atoms with Crippen LogP contribution in [0, 0.1) is 5.82 Å². The number of piperazine rings is 1. The van der Waals surface area contributed by atoms with Gasteiger partial charge in [-0.15, -0.1) is 0 Å². The van der Waals surface area contributed by atoms with Crippen molar-refractivity contribution in [3.8, 4) is 5.75 Å². The van der Waals surface area contributed by atoms with Crippen molar-refractivity contribution in [3.63, 3.8) is 0 Å². The largest absolute Gasteiger partial charge is 0.476 e. The van der Waals surface area contributed by atoms with E-state index >= 15 is 0 Å². The van der Waals surface area contributed by atoms with Gasteiger partial charge < -0.3 is 19.7 Å². The predicted molar refractivity (Wildman–Crippen MR) is 115 cm³/mol. The smallest absolute Gasteiger partial charge is 0.338 e. The number of carbonyl (C=O) groups is 2. The summed E-state index contributed by atoms with van der Waals surface area (Å²) in [4.78, 5) is 28.1. The molecule has 1 unspecified atom stereocenters. The quantitative estimate of drug-likeness (QED) is 0.740. The maximum Gasteiger partial charge on any atom is 0.338 e. The van der Waals surface area contributed by atoms with Gasteiger partial charge in [-0.2, -0.15) is 0 Å². The van der Waals surface area contributed by atoms with E-state index in [1.54, 1.807) is 32.0 Å². The van der Waals surface area contributed by atoms with E-state index in [0.29, 0.717) is 24.4 Å². The van der Waals surface area contributed by atoms with E-state index < -0.39 is 11.9 Å². The van der Waals surface area contributed by atoms with Crippen LogP contribution in [-0.2, 0) is 16.1 Å². The molecule has 2 heterocycles. The lowest BCUT2D eigenvalue weighted by atomic mass is 10.1. The molecule has 8 heteroatoms. The Hall–Kier alpha value is -3.13. The average Bonchev–Trinajstić information content (AvgIpc) is 2.76. The molecule has 2 aliphatic rings. The number of nitrogens with one attached hydrogen (secondary N) is 1. The Labute approximate surface area is 180 Å². The molecule has 7 nitrogen and oxygen atoms in total. The van der Waals surface area contributed by atoms with Crippen molar-refractivity contribution in [3.05, 3.63) is 53.3 Å². The van der Waals surface area contributed by atoms with Crippen LogP contribution in [0.25, 0.3) is 0 Å². The zero-order chi connectivity index (χ0) is 22.0. The normalized spacial score (nSPS) is 18.7. The number of esters is 1. The van der Waals surface area contributed by atoms with Gasteiger partial charge in [0.1, 0.15) is 0 Å². The van der Waals surface area contributed by atoms with Crippen molar-refractivity contribution >= 4 is 23.3 Å². The number of benzene rings is 2. The molecule has 0 saturated carbocycles. The Bertz CT molecular complexity index is 972. The highest BCUT2D eigenvalue weighted by Crippen LogP contribution is 2.34. The van der Waals surface area contributed by atoms with E-state index in [4.69, 9.17) is 9.47 Å². The number of carbonyl (C=O) groups excluding carboxylic acids is 2. The number of hydrogen-bond donors (Lipinski definition) is 1. The Morgan fingerprint density at radius 3 is 2.58 bits per heavy atom. The molecular weight excluding hydrogens is 401 g/mol. The van der Waals surface area contributed by atoms with E-state index in [2.05, 4.69) is 15.1 Å². The summed E-state index contributed by atoms with van der Waals surface area (Å²) < 4.78 is 24.9. The first-order valence-corrected chi connectivity index (χ1v) is 10.5. The summed E-state index contributed by atoms with van der Waals surface area (Å²) in [7, 11) is 0. The van der Waals surface area contributed by atoms with Gasteiger partial charge in [0.2, 0.25) is 0 Å². The lowest BCUT2D eigenvalue weighted by molar-refractivity contribution is -0.122. The van der Waals surface area contributed by atoms with Crippen molar-refractivity contribution in [2.24, 2.45) is 0 Å². The van der Waals surface area contributed by atoms with E-state index in [0.717, 1.165) is 37.4 Å². The molecule has 2 aliphatic heterocycles. The minimum Gasteiger partial charge on any atom is -0.476 e. The number of nitrogens with zero attached hydrogens (tertiary/aromatic N) is 2. The lowest BCUT2D eigenvalue weighted by Gasteiger charge is -2.36. The molecule has 1 N–H and O–H groups in total. The van der Waals surface area contributed by atoms with Gasteiger partial charge in [-0.25, -0.2) is 9.18 Å². The van der Waals surface area contributed by atoms with Crippen LogP contribution >= 0.6 is 0 Å². The standard InChI is InChI=1S/C23H26FN3O4/c1-3-30-23(29)17-4-6-18(7-5-17)27-10-8-26(9-11-27)14-16-12-19(24)21-20(13-16)25-22(28)15(2)31-21/h4-7,12-13,15H,3,8-11,14H2,1-2H3,(H,25,28). The zero-order valence-corrected chi connectivity index (χ0v) is 17.7. The third kappa shape index (κ3) is 4.64. The number of anilines is 2. The number of halogens is 1. The lowest BCUT2D eigenvalue weighted by Crippen LogP contribution is -2.46. The molecular formula is C23H26FN3O4. The summed E-state index contributed by atoms with van der Waals surface area (Å²) in [5, 5.41) is 2.71. The highest BCUT2D eigenvalue weighted by Gasteiger charge is 2.27. The fraction of sp³-hybridized carbons (Fsp3) is 0.391. The van der Waals surface area contributed by atoms with Gasteiger partial charge in [-0.1, -0.05) is 0 Å². The molecule has 1 fully saturated rings. The zero-order valence-electron chi connectivity index (χ0n) is 17.7. The first kappa shape index (κ1) is 21.1. The molecule has 0 spiro atoms. The van der Waals surface area contributed by atoms with Crippen LogP contribution < -0.4 is 15.0 Å². The summed E-state index contributed by atoms with van der Waals surface area (Å²) in [5.74, 6) is -0.939. The Morgan fingerprint density at radius 1 is 1.19 bits per heavy atom. The third-order valence-corrected chi connectivity index (χ3v) is 5.55. The third-order valence-electron chi connectivity index (χ3n) is 5.55. The van der Waals surface area contributed by atoms with Crippen molar-refractivity contribution < 1.29 is 23.5 Å². The minimum absolute atomic E-state index is 0.104. The van der Waals surface area contributed by atoms with Gasteiger partial charge >= 0.3 is 5.97 Å². The number of fused-ring (bicyclic) bond motifs is 1. The molecule has 0 bridgehead atoms. The number of ether oxygens (including phenoxy) is 2. The predicted octanol–water partition coefficient (Wildman–Crippen LogP) is 3.04. The fourth-order valence-corrected chi connectivity index (χ4v) is 3.86. The molecule has 2 aromatic rings. The SMILES string of the molecule is CCOC(=O)c1ccc(N2CCN(Cc3cc(F)c4c(c3)NC(=O)C(C)O4)CC2)cc1. The average molecular weight is 427 g/mol. The van der Waals surface area contributed by atoms with Gasteiger partial charge in [-0.05, 0) is 55.8 Å². The molecule has 164 valence electrons. The second kappa shape index (κ2) is 8.93. The summed E-state index contributed by atoms with van der Waals surface area (Å²) >= 11 is 0. The summed E-state index contributed by atoms with van der Waals surface area (Å²) in [6.45, 7) is 7.61. The summed E-state index contributed by atoms with van der Waals surface area (Å²) in [5.41, 5.74) is 2.78. The van der Waals surface area contributed by atoms with Crippen LogP contribution in [0.3, 0.4) is 0 Å². The van der Waals surface area contributed by atoms with Gasteiger partial charge in [0.05, 0.1) is 17.9 Å². The van der Waals surface area contributed by atoms with E-state index in [1.807, 2.05) is 12.1 Å². The molecule has 31 heavy (non-hydrogen) atoms. The first-order valence-electron chi connectivity index (χ1n) is 10.5. The number of rotatable bonds is 5. The van der Waals surface area contributed by atoms with Gasteiger partial charge in [0.25, 0.3) is 5.91 Å². The Morgan fingerprint density at radius 2 is 1.90 bits per heavy atom. The molecule has 1 amide bonds. The van der Waals surface area contributed by atoms with Crippen LogP contribution in [0.5, 0.6) is 5.75 Å². The van der Waals surface area contributed by atoms with Crippen molar-refractivity contribution in [2.45, 2.75) is 26.5 Å². The molecule has 2 aromatic carbocycles. The van der Waals surface area contributed by atoms with E-state index in [9.17, 15) is 14.0 Å². The van der Waals surface area contributed by atoms with Crippen molar-refractivity contribution in [2.75, 3.05) is 43.0 Å². The molecule has 4 rings (SSSR count). The second-order valence-corrected chi connectivity index (χ2v) is 7.73. The van der Waals surface area contributed by atoms with Crippen LogP contribution in [-0.4, -0.2) is 55.7 Å². The Kier molecular flexibility index (Phi) is 6.08. The van der Waals surface area contributed by atoms with Crippen LogP contribution in [0.2, 0.25) is 0 Å². The fourth-order valence-electron chi connectivity index (χ4n) is 3.86. The topological polar surface area (TPSA) is 71.1 Å². The van der Waals surface area contributed by atoms with Gasteiger partial charge in [-0.3, -0.25) is 9.69 Å². The highest BCUT2D eigenvalue weighted by atomic mass is 19.1. The Balaban J connectivity index is 1.35. The van der Waals surface area contributed by atoms with Crippen molar-refractivity contribution in [1.29, 1.82) is 0 Å². The summed E-state index contributed by atoms with van der Waals surface area (Å²) in [6, 6.07) is 10.7. The number of hydrogen-bond acceptors (Lipinski definition) is 6. The van der Waals surface area contributed by atoms with Crippen molar-refractivity contribution in [1.82, 2.24) is 4.90 Å². The maximum atomic E-state index is 14.5. The first-order chi connectivity index (χ1) is 14.9. The van der Waals surface area contributed by atoms with Crippen LogP contribution in [0.15, 0.2) is 36.4 Å². The molecule has 1 saturated heterocycles. The van der Waals surface area contributed by atoms with E-state index in [-0.39, 0.29) is 17.6 Å². The second-order valence-electron chi connectivity index (χ2n) is 7.73. The molecule has 0 aromatic heterocycles. The van der Waals surface area contributed by atoms with E-state index in [1.165, 1.54) is 6.07 Å². The van der Waals surface area contributed by atoms with Crippen LogP contribution in [0.1, 0.15) is 29.8 Å². The van der Waals surface area contributed by atoms with Crippen LogP contribution in [0.4, 0.5) is 15.8 Å². The van der Waals surface area contributed by atoms with Gasteiger partial charge in [0.15, 0.2) is 17.7 Å². The molecule has 1 atom stereocenters. The summed E-state index contributed by atoms with van der Waals surface area (Å²) in [6.07, 6.45) is -0.702. The maximum absolute atomic E-state index is 14.5.